The van der Waals surface area contributed by atoms with E-state index in [4.69, 9.17) is 5.11 Å². The second-order valence-corrected chi connectivity index (χ2v) is 5.36. The summed E-state index contributed by atoms with van der Waals surface area (Å²) in [6, 6.07) is 9.22. The normalized spacial score (nSPS) is 12.0. The maximum absolute atomic E-state index is 12.4. The molecule has 21 heavy (non-hydrogen) atoms. The van der Waals surface area contributed by atoms with E-state index in [0.29, 0.717) is 13.0 Å². The number of carboxylic acids is 1. The molecule has 0 radical (unpaired) electrons. The van der Waals surface area contributed by atoms with Crippen molar-refractivity contribution >= 4 is 12.0 Å². The van der Waals surface area contributed by atoms with Gasteiger partial charge in [0.1, 0.15) is 0 Å². The number of benzene rings is 1. The number of carbonyl (C=O) groups is 2. The molecular formula is C16H24N2O3. The Morgan fingerprint density at radius 3 is 2.33 bits per heavy atom. The molecule has 0 aliphatic carbocycles. The minimum Gasteiger partial charge on any atom is -0.481 e. The van der Waals surface area contributed by atoms with E-state index in [-0.39, 0.29) is 24.5 Å². The summed E-state index contributed by atoms with van der Waals surface area (Å²) in [5.41, 5.74) is 1.05. The summed E-state index contributed by atoms with van der Waals surface area (Å²) in [5.74, 6) is -0.902. The van der Waals surface area contributed by atoms with Gasteiger partial charge in [-0.25, -0.2) is 4.79 Å². The lowest BCUT2D eigenvalue weighted by atomic mass is 10.1. The first-order valence-corrected chi connectivity index (χ1v) is 7.26. The zero-order valence-corrected chi connectivity index (χ0v) is 12.9. The molecule has 1 aromatic carbocycles. The van der Waals surface area contributed by atoms with Crippen molar-refractivity contribution in [1.29, 1.82) is 0 Å². The topological polar surface area (TPSA) is 69.6 Å². The molecule has 0 saturated carbocycles. The average molecular weight is 292 g/mol. The molecule has 0 bridgehead atoms. The molecule has 5 nitrogen and oxygen atoms in total. The van der Waals surface area contributed by atoms with E-state index < -0.39 is 5.97 Å². The van der Waals surface area contributed by atoms with Crippen LogP contribution in [0.3, 0.4) is 0 Å². The maximum Gasteiger partial charge on any atom is 0.318 e. The van der Waals surface area contributed by atoms with Gasteiger partial charge in [0, 0.05) is 18.6 Å². The van der Waals surface area contributed by atoms with Crippen LogP contribution in [0.4, 0.5) is 4.79 Å². The number of hydrogen-bond acceptors (Lipinski definition) is 2. The molecule has 1 atom stereocenters. The number of carboxylic acid groups (broad SMARTS) is 1. The van der Waals surface area contributed by atoms with Crippen molar-refractivity contribution in [2.75, 3.05) is 0 Å². The Morgan fingerprint density at radius 2 is 1.86 bits per heavy atom. The molecule has 0 spiro atoms. The number of hydrogen-bond donors (Lipinski definition) is 2. The smallest absolute Gasteiger partial charge is 0.318 e. The monoisotopic (exact) mass is 292 g/mol. The molecule has 0 heterocycles. The fourth-order valence-electron chi connectivity index (χ4n) is 2.03. The third-order valence-corrected chi connectivity index (χ3v) is 3.32. The summed E-state index contributed by atoms with van der Waals surface area (Å²) in [4.78, 5) is 24.8. The van der Waals surface area contributed by atoms with Crippen molar-refractivity contribution in [3.05, 3.63) is 35.9 Å². The summed E-state index contributed by atoms with van der Waals surface area (Å²) in [7, 11) is 0. The highest BCUT2D eigenvalue weighted by Crippen LogP contribution is 2.09. The number of rotatable bonds is 7. The predicted molar refractivity (Wildman–Crippen MR) is 82.0 cm³/mol. The molecule has 1 aromatic rings. The van der Waals surface area contributed by atoms with Crippen molar-refractivity contribution in [2.45, 2.75) is 52.2 Å². The van der Waals surface area contributed by atoms with Crippen LogP contribution in [-0.4, -0.2) is 34.1 Å². The van der Waals surface area contributed by atoms with Gasteiger partial charge in [-0.05, 0) is 25.8 Å². The van der Waals surface area contributed by atoms with Crippen LogP contribution >= 0.6 is 0 Å². The van der Waals surface area contributed by atoms with Gasteiger partial charge in [0.15, 0.2) is 0 Å². The van der Waals surface area contributed by atoms with Crippen LogP contribution < -0.4 is 5.32 Å². The number of carbonyl (C=O) groups excluding carboxylic acids is 1. The van der Waals surface area contributed by atoms with E-state index in [9.17, 15) is 9.59 Å². The third kappa shape index (κ3) is 5.85. The van der Waals surface area contributed by atoms with Crippen LogP contribution in [0.1, 0.15) is 39.2 Å². The lowest BCUT2D eigenvalue weighted by Crippen LogP contribution is -2.47. The van der Waals surface area contributed by atoms with Crippen LogP contribution in [0.15, 0.2) is 30.3 Å². The number of aliphatic carboxylic acids is 1. The Morgan fingerprint density at radius 1 is 1.24 bits per heavy atom. The molecule has 0 aromatic heterocycles. The maximum atomic E-state index is 12.4. The number of nitrogens with zero attached hydrogens (tertiary/aromatic N) is 1. The second-order valence-electron chi connectivity index (χ2n) is 5.36. The highest BCUT2D eigenvalue weighted by atomic mass is 16.4. The van der Waals surface area contributed by atoms with Gasteiger partial charge in [0.2, 0.25) is 0 Å². The van der Waals surface area contributed by atoms with Gasteiger partial charge in [-0.3, -0.25) is 4.79 Å². The Balaban J connectivity index is 2.71. The van der Waals surface area contributed by atoms with Gasteiger partial charge >= 0.3 is 12.0 Å². The standard InChI is InChI=1S/C16H24N2O3/c1-4-14(10-15(19)20)17-16(21)18(12(2)3)11-13-8-6-5-7-9-13/h5-9,12,14H,4,10-11H2,1-3H3,(H,17,21)(H,19,20). The van der Waals surface area contributed by atoms with Crippen LogP contribution in [0, 0.1) is 0 Å². The Kier molecular flexibility index (Phi) is 6.72. The van der Waals surface area contributed by atoms with Gasteiger partial charge in [-0.15, -0.1) is 0 Å². The number of nitrogens with one attached hydrogen (secondary N) is 1. The molecule has 116 valence electrons. The van der Waals surface area contributed by atoms with Crippen molar-refractivity contribution in [2.24, 2.45) is 0 Å². The summed E-state index contributed by atoms with van der Waals surface area (Å²) >= 11 is 0. The van der Waals surface area contributed by atoms with Crippen LogP contribution in [0.25, 0.3) is 0 Å². The fourth-order valence-corrected chi connectivity index (χ4v) is 2.03. The SMILES string of the molecule is CCC(CC(=O)O)NC(=O)N(Cc1ccccc1)C(C)C. The third-order valence-electron chi connectivity index (χ3n) is 3.32. The molecule has 0 aliphatic heterocycles. The molecular weight excluding hydrogens is 268 g/mol. The molecule has 1 unspecified atom stereocenters. The highest BCUT2D eigenvalue weighted by Gasteiger charge is 2.21. The minimum absolute atomic E-state index is 0.0348. The first kappa shape index (κ1) is 17.0. The molecule has 2 N–H and O–H groups in total. The van der Waals surface area contributed by atoms with Crippen LogP contribution in [-0.2, 0) is 11.3 Å². The van der Waals surface area contributed by atoms with Crippen molar-refractivity contribution in [3.8, 4) is 0 Å². The fraction of sp³-hybridized carbons (Fsp3) is 0.500. The van der Waals surface area contributed by atoms with Crippen molar-refractivity contribution < 1.29 is 14.7 Å². The molecule has 0 fully saturated rings. The van der Waals surface area contributed by atoms with Gasteiger partial charge < -0.3 is 15.3 Å². The number of urea groups is 1. The quantitative estimate of drug-likeness (QED) is 0.812. The molecule has 0 saturated heterocycles. The Bertz CT molecular complexity index is 460. The summed E-state index contributed by atoms with van der Waals surface area (Å²) in [6.07, 6.45) is 0.537. The largest absolute Gasteiger partial charge is 0.481 e. The zero-order valence-electron chi connectivity index (χ0n) is 12.9. The average Bonchev–Trinajstić information content (AvgIpc) is 2.44. The van der Waals surface area contributed by atoms with Crippen LogP contribution in [0.2, 0.25) is 0 Å². The van der Waals surface area contributed by atoms with Crippen molar-refractivity contribution in [3.63, 3.8) is 0 Å². The van der Waals surface area contributed by atoms with Gasteiger partial charge in [-0.1, -0.05) is 37.3 Å². The molecule has 1 rings (SSSR count). The summed E-state index contributed by atoms with van der Waals surface area (Å²) in [6.45, 7) is 6.26. The van der Waals surface area contributed by atoms with Gasteiger partial charge in [0.25, 0.3) is 0 Å². The van der Waals surface area contributed by atoms with Crippen LogP contribution in [0.5, 0.6) is 0 Å². The van der Waals surface area contributed by atoms with Gasteiger partial charge in [0.05, 0.1) is 6.42 Å². The summed E-state index contributed by atoms with van der Waals surface area (Å²) < 4.78 is 0. The summed E-state index contributed by atoms with van der Waals surface area (Å²) in [5, 5.41) is 11.7. The molecule has 2 amide bonds. The first-order chi connectivity index (χ1) is 9.93. The van der Waals surface area contributed by atoms with Crippen molar-refractivity contribution in [1.82, 2.24) is 10.2 Å². The lowest BCUT2D eigenvalue weighted by Gasteiger charge is -2.29. The second kappa shape index (κ2) is 8.29. The Labute approximate surface area is 126 Å². The number of amides is 2. The first-order valence-electron chi connectivity index (χ1n) is 7.26. The van der Waals surface area contributed by atoms with E-state index in [1.54, 1.807) is 4.90 Å². The lowest BCUT2D eigenvalue weighted by molar-refractivity contribution is -0.137. The predicted octanol–water partition coefficient (Wildman–Crippen LogP) is 2.86. The van der Waals surface area contributed by atoms with E-state index in [0.717, 1.165) is 5.56 Å². The van der Waals surface area contributed by atoms with E-state index >= 15 is 0 Å². The van der Waals surface area contributed by atoms with E-state index in [1.807, 2.05) is 51.1 Å². The highest BCUT2D eigenvalue weighted by molar-refractivity contribution is 5.76. The van der Waals surface area contributed by atoms with Gasteiger partial charge in [-0.2, -0.15) is 0 Å². The zero-order chi connectivity index (χ0) is 15.8. The minimum atomic E-state index is -0.902. The molecule has 0 aliphatic rings. The van der Waals surface area contributed by atoms with E-state index in [2.05, 4.69) is 5.32 Å². The molecule has 5 heteroatoms. The van der Waals surface area contributed by atoms with E-state index in [1.165, 1.54) is 0 Å². The Hall–Kier alpha value is -2.04.